The molecule has 0 saturated heterocycles. The van der Waals surface area contributed by atoms with Crippen LogP contribution in [0.25, 0.3) is 5.69 Å². The molecule has 11 heteroatoms. The van der Waals surface area contributed by atoms with Crippen LogP contribution in [0.4, 0.5) is 21.8 Å². The van der Waals surface area contributed by atoms with Gasteiger partial charge < -0.3 is 24.7 Å². The molecule has 1 aliphatic heterocycles. The number of nitrogens with one attached hydrogen (secondary N) is 2. The first kappa shape index (κ1) is 28.4. The molecule has 3 heterocycles. The molecular formula is C32H31ClFN7O2. The Bertz CT molecular complexity index is 1730. The standard InChI is InChI=1S/C32H31ClFN7O2/c1-35-31-26-17-40(15-20-4-11-24(42-2)12-5-20)16-25(21-6-8-22(34)9-7-21)30(26)38-32(39-31)37-23-10-13-27(28(14-23)43-3)41-18-29(33)36-19-41/h4-14,18-19,25H,15-17H2,1-3H3,(H2,35,37,38,39). The van der Waals surface area contributed by atoms with Crippen LogP contribution < -0.4 is 20.1 Å². The maximum Gasteiger partial charge on any atom is 0.229 e. The molecule has 1 atom stereocenters. The van der Waals surface area contributed by atoms with Crippen LogP contribution in [0.5, 0.6) is 11.5 Å². The Kier molecular flexibility index (Phi) is 8.13. The van der Waals surface area contributed by atoms with Crippen LogP contribution in [0, 0.1) is 5.82 Å². The van der Waals surface area contributed by atoms with Crippen molar-refractivity contribution in [3.8, 4) is 17.2 Å². The van der Waals surface area contributed by atoms with E-state index in [-0.39, 0.29) is 11.7 Å². The number of anilines is 3. The zero-order chi connectivity index (χ0) is 29.9. The van der Waals surface area contributed by atoms with Gasteiger partial charge in [0.05, 0.1) is 25.6 Å². The second kappa shape index (κ2) is 12.3. The van der Waals surface area contributed by atoms with Gasteiger partial charge in [0.2, 0.25) is 5.95 Å². The highest BCUT2D eigenvalue weighted by atomic mass is 35.5. The summed E-state index contributed by atoms with van der Waals surface area (Å²) < 4.78 is 26.7. The van der Waals surface area contributed by atoms with Crippen molar-refractivity contribution in [1.82, 2.24) is 24.4 Å². The van der Waals surface area contributed by atoms with Gasteiger partial charge in [-0.1, -0.05) is 35.9 Å². The van der Waals surface area contributed by atoms with Crippen LogP contribution in [0.2, 0.25) is 5.15 Å². The average Bonchev–Trinajstić information content (AvgIpc) is 3.47. The lowest BCUT2D eigenvalue weighted by Crippen LogP contribution is -2.35. The summed E-state index contributed by atoms with van der Waals surface area (Å²) in [7, 11) is 5.13. The van der Waals surface area contributed by atoms with Gasteiger partial charge in [-0.2, -0.15) is 4.98 Å². The van der Waals surface area contributed by atoms with Crippen LogP contribution in [0.15, 0.2) is 79.3 Å². The molecule has 0 amide bonds. The monoisotopic (exact) mass is 599 g/mol. The largest absolute Gasteiger partial charge is 0.497 e. The number of methoxy groups -OCH3 is 2. The summed E-state index contributed by atoms with van der Waals surface area (Å²) in [5, 5.41) is 7.02. The van der Waals surface area contributed by atoms with Gasteiger partial charge >= 0.3 is 0 Å². The summed E-state index contributed by atoms with van der Waals surface area (Å²) in [4.78, 5) is 16.3. The number of fused-ring (bicyclic) bond motifs is 1. The molecular weight excluding hydrogens is 569 g/mol. The minimum Gasteiger partial charge on any atom is -0.497 e. The van der Waals surface area contributed by atoms with Crippen LogP contribution >= 0.6 is 11.6 Å². The van der Waals surface area contributed by atoms with Gasteiger partial charge in [-0.15, -0.1) is 0 Å². The third kappa shape index (κ3) is 6.11. The van der Waals surface area contributed by atoms with Crippen LogP contribution in [-0.2, 0) is 13.1 Å². The summed E-state index contributed by atoms with van der Waals surface area (Å²) in [6.07, 6.45) is 3.35. The fraction of sp³-hybridized carbons (Fsp3) is 0.219. The Morgan fingerprint density at radius 1 is 1.00 bits per heavy atom. The topological polar surface area (TPSA) is 89.4 Å². The van der Waals surface area contributed by atoms with Gasteiger partial charge in [-0.05, 0) is 47.5 Å². The highest BCUT2D eigenvalue weighted by Gasteiger charge is 2.31. The maximum atomic E-state index is 13.9. The summed E-state index contributed by atoms with van der Waals surface area (Å²) in [6, 6.07) is 20.5. The minimum absolute atomic E-state index is 0.0962. The van der Waals surface area contributed by atoms with E-state index in [2.05, 4.69) is 32.7 Å². The fourth-order valence-corrected chi connectivity index (χ4v) is 5.59. The molecule has 0 radical (unpaired) electrons. The number of hydrogen-bond donors (Lipinski definition) is 2. The van der Waals surface area contributed by atoms with Crippen molar-refractivity contribution in [2.45, 2.75) is 19.0 Å². The second-order valence-electron chi connectivity index (χ2n) is 10.2. The van der Waals surface area contributed by atoms with Gasteiger partial charge in [0.15, 0.2) is 0 Å². The molecule has 2 aromatic heterocycles. The summed E-state index contributed by atoms with van der Waals surface area (Å²) in [5.74, 6) is 2.26. The highest BCUT2D eigenvalue weighted by Crippen LogP contribution is 2.37. The van der Waals surface area contributed by atoms with Crippen LogP contribution in [0.3, 0.4) is 0 Å². The van der Waals surface area contributed by atoms with Crippen molar-refractivity contribution in [2.24, 2.45) is 0 Å². The van der Waals surface area contributed by atoms with Crippen LogP contribution in [-0.4, -0.2) is 52.2 Å². The van der Waals surface area contributed by atoms with Crippen molar-refractivity contribution >= 4 is 29.1 Å². The molecule has 3 aromatic carbocycles. The molecule has 0 spiro atoms. The molecule has 2 N–H and O–H groups in total. The van der Waals surface area contributed by atoms with Crippen molar-refractivity contribution in [3.05, 3.63) is 113 Å². The Morgan fingerprint density at radius 2 is 1.79 bits per heavy atom. The number of aromatic nitrogens is 4. The summed E-state index contributed by atoms with van der Waals surface area (Å²) in [6.45, 7) is 2.10. The zero-order valence-electron chi connectivity index (χ0n) is 24.0. The first-order valence-electron chi connectivity index (χ1n) is 13.8. The van der Waals surface area contributed by atoms with Gasteiger partial charge in [-0.25, -0.2) is 14.4 Å². The molecule has 5 aromatic rings. The Labute approximate surface area is 254 Å². The first-order valence-corrected chi connectivity index (χ1v) is 14.2. The predicted octanol–water partition coefficient (Wildman–Crippen LogP) is 6.41. The molecule has 6 rings (SSSR count). The van der Waals surface area contributed by atoms with E-state index in [1.165, 1.54) is 17.7 Å². The van der Waals surface area contributed by atoms with Gasteiger partial charge in [-0.3, -0.25) is 4.90 Å². The molecule has 0 bridgehead atoms. The molecule has 43 heavy (non-hydrogen) atoms. The zero-order valence-corrected chi connectivity index (χ0v) is 24.8. The Balaban J connectivity index is 1.34. The molecule has 0 saturated carbocycles. The highest BCUT2D eigenvalue weighted by molar-refractivity contribution is 6.29. The van der Waals surface area contributed by atoms with Crippen molar-refractivity contribution < 1.29 is 13.9 Å². The van der Waals surface area contributed by atoms with E-state index in [9.17, 15) is 4.39 Å². The van der Waals surface area contributed by atoms with Crippen molar-refractivity contribution in [2.75, 3.05) is 38.4 Å². The number of nitrogens with zero attached hydrogens (tertiary/aromatic N) is 5. The van der Waals surface area contributed by atoms with Gasteiger partial charge in [0, 0.05) is 56.1 Å². The van der Waals surface area contributed by atoms with Crippen molar-refractivity contribution in [1.29, 1.82) is 0 Å². The van der Waals surface area contributed by atoms with E-state index >= 15 is 0 Å². The molecule has 0 aliphatic carbocycles. The number of benzene rings is 3. The normalized spacial score (nSPS) is 14.7. The third-order valence-electron chi connectivity index (χ3n) is 7.53. The fourth-order valence-electron chi connectivity index (χ4n) is 5.44. The number of halogens is 2. The third-order valence-corrected chi connectivity index (χ3v) is 7.73. The lowest BCUT2D eigenvalue weighted by molar-refractivity contribution is 0.229. The summed E-state index contributed by atoms with van der Waals surface area (Å²) in [5.41, 5.74) is 5.61. The van der Waals surface area contributed by atoms with Crippen molar-refractivity contribution in [3.63, 3.8) is 0 Å². The quantitative estimate of drug-likeness (QED) is 0.201. The summed E-state index contributed by atoms with van der Waals surface area (Å²) >= 11 is 6.02. The first-order chi connectivity index (χ1) is 20.9. The predicted molar refractivity (Wildman–Crippen MR) is 165 cm³/mol. The minimum atomic E-state index is -0.272. The number of imidazole rings is 1. The SMILES string of the molecule is CNc1nc(Nc2ccc(-n3cnc(Cl)c3)c(OC)c2)nc2c1CN(Cc1ccc(OC)cc1)CC2c1ccc(F)cc1. The number of hydrogen-bond acceptors (Lipinski definition) is 8. The number of rotatable bonds is 9. The molecule has 220 valence electrons. The lowest BCUT2D eigenvalue weighted by atomic mass is 9.88. The molecule has 1 unspecified atom stereocenters. The number of ether oxygens (including phenoxy) is 2. The lowest BCUT2D eigenvalue weighted by Gasteiger charge is -2.35. The van der Waals surface area contributed by atoms with E-state index < -0.39 is 0 Å². The Morgan fingerprint density at radius 3 is 2.47 bits per heavy atom. The van der Waals surface area contributed by atoms with Gasteiger partial charge in [0.1, 0.15) is 34.6 Å². The van der Waals surface area contributed by atoms with E-state index in [0.717, 1.165) is 46.3 Å². The van der Waals surface area contributed by atoms with E-state index in [0.29, 0.717) is 29.9 Å². The second-order valence-corrected chi connectivity index (χ2v) is 10.6. The van der Waals surface area contributed by atoms with E-state index in [4.69, 9.17) is 31.0 Å². The molecule has 0 fully saturated rings. The van der Waals surface area contributed by atoms with E-state index in [1.54, 1.807) is 31.3 Å². The smallest absolute Gasteiger partial charge is 0.229 e. The molecule has 1 aliphatic rings. The molecule has 9 nitrogen and oxygen atoms in total. The van der Waals surface area contributed by atoms with E-state index in [1.807, 2.05) is 49.5 Å². The average molecular weight is 600 g/mol. The Hall–Kier alpha value is -4.67. The van der Waals surface area contributed by atoms with Crippen LogP contribution in [0.1, 0.15) is 28.3 Å². The van der Waals surface area contributed by atoms with Gasteiger partial charge in [0.25, 0.3) is 0 Å². The maximum absolute atomic E-state index is 13.9.